The number of benzene rings is 2. The van der Waals surface area contributed by atoms with E-state index in [1.807, 2.05) is 18.2 Å². The van der Waals surface area contributed by atoms with Crippen molar-refractivity contribution in [1.82, 2.24) is 5.32 Å². The summed E-state index contributed by atoms with van der Waals surface area (Å²) in [5.74, 6) is 0.886. The first-order valence-corrected chi connectivity index (χ1v) is 9.11. The number of nitrogens with one attached hydrogen (secondary N) is 2. The molecule has 0 spiro atoms. The monoisotopic (exact) mass is 336 g/mol. The molecule has 0 saturated carbocycles. The summed E-state index contributed by atoms with van der Waals surface area (Å²) in [6.07, 6.45) is 4.16. The molecule has 24 heavy (non-hydrogen) atoms. The van der Waals surface area contributed by atoms with Gasteiger partial charge in [-0.05, 0) is 73.3 Å². The van der Waals surface area contributed by atoms with Gasteiger partial charge in [0.25, 0.3) is 0 Å². The molecular formula is C20H20N2OS. The topological polar surface area (TPSA) is 37.2 Å². The van der Waals surface area contributed by atoms with Gasteiger partial charge in [-0.1, -0.05) is 24.3 Å². The number of anilines is 1. The molecule has 122 valence electrons. The van der Waals surface area contributed by atoms with Crippen LogP contribution >= 0.6 is 11.9 Å². The van der Waals surface area contributed by atoms with Crippen molar-refractivity contribution in [3.63, 3.8) is 0 Å². The molecule has 3 nitrogen and oxygen atoms in total. The smallest absolute Gasteiger partial charge is 0.135 e. The predicted molar refractivity (Wildman–Crippen MR) is 100 cm³/mol. The Morgan fingerprint density at radius 3 is 2.71 bits per heavy atom. The zero-order valence-electron chi connectivity index (χ0n) is 13.4. The lowest BCUT2D eigenvalue weighted by Crippen LogP contribution is -2.12. The van der Waals surface area contributed by atoms with Crippen molar-refractivity contribution in [2.75, 3.05) is 11.3 Å². The summed E-state index contributed by atoms with van der Waals surface area (Å²) in [4.78, 5) is 1.19. The lowest BCUT2D eigenvalue weighted by Gasteiger charge is -2.16. The van der Waals surface area contributed by atoms with Crippen LogP contribution in [0.15, 0.2) is 76.2 Å². The maximum absolute atomic E-state index is 5.61. The Bertz CT molecular complexity index is 781. The predicted octanol–water partition coefficient (Wildman–Crippen LogP) is 5.49. The fourth-order valence-electron chi connectivity index (χ4n) is 3.08. The zero-order chi connectivity index (χ0) is 16.2. The molecule has 1 aliphatic heterocycles. The van der Waals surface area contributed by atoms with Crippen LogP contribution in [0.25, 0.3) is 11.3 Å². The van der Waals surface area contributed by atoms with Crippen molar-refractivity contribution in [2.45, 2.75) is 23.8 Å². The molecule has 3 aromatic rings. The van der Waals surface area contributed by atoms with Gasteiger partial charge >= 0.3 is 0 Å². The van der Waals surface area contributed by atoms with E-state index in [1.54, 1.807) is 18.2 Å². The van der Waals surface area contributed by atoms with E-state index in [0.717, 1.165) is 23.6 Å². The van der Waals surface area contributed by atoms with Crippen molar-refractivity contribution in [3.05, 3.63) is 72.5 Å². The summed E-state index contributed by atoms with van der Waals surface area (Å²) in [7, 11) is 0. The van der Waals surface area contributed by atoms with E-state index in [2.05, 4.69) is 52.5 Å². The average Bonchev–Trinajstić information content (AvgIpc) is 3.34. The second-order valence-electron chi connectivity index (χ2n) is 5.95. The Morgan fingerprint density at radius 1 is 1.04 bits per heavy atom. The van der Waals surface area contributed by atoms with Gasteiger partial charge in [0.2, 0.25) is 0 Å². The number of hydrogen-bond donors (Lipinski definition) is 2. The zero-order valence-corrected chi connectivity index (χ0v) is 14.2. The Kier molecular flexibility index (Phi) is 4.58. The minimum Gasteiger partial charge on any atom is -0.464 e. The molecule has 1 saturated heterocycles. The second kappa shape index (κ2) is 7.16. The molecule has 1 atom stereocenters. The standard InChI is InChI=1S/C20H20N2OS/c1-2-6-16(7-3-1)24-22-19-14-15(18-8-4-12-21-18)10-11-17(19)20-9-5-13-23-20/h1-3,5-7,9-11,13-14,18,21-22H,4,8,12H2. The SMILES string of the molecule is c1ccc(SNc2cc(C3CCCN3)ccc2-c2ccco2)cc1. The van der Waals surface area contributed by atoms with Crippen LogP contribution in [0.1, 0.15) is 24.4 Å². The molecule has 0 aliphatic carbocycles. The summed E-state index contributed by atoms with van der Waals surface area (Å²) in [5.41, 5.74) is 3.51. The fraction of sp³-hybridized carbons (Fsp3) is 0.200. The molecule has 4 rings (SSSR count). The average molecular weight is 336 g/mol. The van der Waals surface area contributed by atoms with E-state index in [-0.39, 0.29) is 0 Å². The van der Waals surface area contributed by atoms with Crippen LogP contribution in [0.3, 0.4) is 0 Å². The van der Waals surface area contributed by atoms with Gasteiger partial charge in [-0.3, -0.25) is 0 Å². The summed E-state index contributed by atoms with van der Waals surface area (Å²) in [6.45, 7) is 1.10. The minimum atomic E-state index is 0.456. The van der Waals surface area contributed by atoms with E-state index in [1.165, 1.54) is 23.3 Å². The van der Waals surface area contributed by atoms with Crippen LogP contribution < -0.4 is 10.0 Å². The van der Waals surface area contributed by atoms with E-state index in [4.69, 9.17) is 4.42 Å². The quantitative estimate of drug-likeness (QED) is 0.604. The first-order chi connectivity index (χ1) is 11.9. The molecular weight excluding hydrogens is 316 g/mol. The second-order valence-corrected chi connectivity index (χ2v) is 6.83. The third-order valence-corrected chi connectivity index (χ3v) is 5.14. The van der Waals surface area contributed by atoms with Crippen LogP contribution in [0.4, 0.5) is 5.69 Å². The maximum Gasteiger partial charge on any atom is 0.135 e. The van der Waals surface area contributed by atoms with Crippen LogP contribution in [-0.2, 0) is 0 Å². The van der Waals surface area contributed by atoms with E-state index in [0.29, 0.717) is 6.04 Å². The Balaban J connectivity index is 1.63. The molecule has 2 heterocycles. The van der Waals surface area contributed by atoms with Crippen molar-refractivity contribution in [1.29, 1.82) is 0 Å². The molecule has 1 aliphatic rings. The summed E-state index contributed by atoms with van der Waals surface area (Å²) >= 11 is 1.62. The molecule has 2 aromatic carbocycles. The molecule has 1 aromatic heterocycles. The number of furan rings is 1. The van der Waals surface area contributed by atoms with Gasteiger partial charge in [-0.2, -0.15) is 0 Å². The first-order valence-electron chi connectivity index (χ1n) is 8.29. The van der Waals surface area contributed by atoms with E-state index < -0.39 is 0 Å². The van der Waals surface area contributed by atoms with Gasteiger partial charge in [0.15, 0.2) is 0 Å². The summed E-state index contributed by atoms with van der Waals surface area (Å²) < 4.78 is 9.12. The van der Waals surface area contributed by atoms with Crippen LogP contribution in [-0.4, -0.2) is 6.54 Å². The van der Waals surface area contributed by atoms with Gasteiger partial charge in [-0.15, -0.1) is 0 Å². The highest BCUT2D eigenvalue weighted by molar-refractivity contribution is 8.00. The molecule has 0 amide bonds. The summed E-state index contributed by atoms with van der Waals surface area (Å²) in [5, 5.41) is 3.57. The Labute approximate surface area is 146 Å². The molecule has 1 unspecified atom stereocenters. The minimum absolute atomic E-state index is 0.456. The highest BCUT2D eigenvalue weighted by Crippen LogP contribution is 2.35. The molecule has 1 fully saturated rings. The molecule has 2 N–H and O–H groups in total. The maximum atomic E-state index is 5.61. The highest BCUT2D eigenvalue weighted by atomic mass is 32.2. The van der Waals surface area contributed by atoms with Crippen molar-refractivity contribution in [3.8, 4) is 11.3 Å². The lowest BCUT2D eigenvalue weighted by molar-refractivity contribution is 0.582. The fourth-order valence-corrected chi connectivity index (χ4v) is 3.77. The molecule has 4 heteroatoms. The van der Waals surface area contributed by atoms with Crippen LogP contribution in [0.2, 0.25) is 0 Å². The van der Waals surface area contributed by atoms with Gasteiger partial charge in [-0.25, -0.2) is 0 Å². The molecule has 0 radical (unpaired) electrons. The van der Waals surface area contributed by atoms with Gasteiger partial charge in [0.1, 0.15) is 5.76 Å². The first kappa shape index (κ1) is 15.4. The Hall–Kier alpha value is -2.17. The third-order valence-electron chi connectivity index (χ3n) is 4.31. The lowest BCUT2D eigenvalue weighted by atomic mass is 10.0. The van der Waals surface area contributed by atoms with Crippen molar-refractivity contribution in [2.24, 2.45) is 0 Å². The van der Waals surface area contributed by atoms with Crippen molar-refractivity contribution >= 4 is 17.6 Å². The Morgan fingerprint density at radius 2 is 1.96 bits per heavy atom. The number of rotatable bonds is 5. The number of hydrogen-bond acceptors (Lipinski definition) is 4. The van der Waals surface area contributed by atoms with Gasteiger partial charge in [0, 0.05) is 16.5 Å². The van der Waals surface area contributed by atoms with Crippen molar-refractivity contribution < 1.29 is 4.42 Å². The van der Waals surface area contributed by atoms with E-state index >= 15 is 0 Å². The van der Waals surface area contributed by atoms with Gasteiger partial charge in [0.05, 0.1) is 12.0 Å². The third kappa shape index (κ3) is 3.35. The normalized spacial score (nSPS) is 17.1. The van der Waals surface area contributed by atoms with Crippen LogP contribution in [0.5, 0.6) is 0 Å². The largest absolute Gasteiger partial charge is 0.464 e. The van der Waals surface area contributed by atoms with Gasteiger partial charge < -0.3 is 14.5 Å². The highest BCUT2D eigenvalue weighted by Gasteiger charge is 2.18. The van der Waals surface area contributed by atoms with Crippen LogP contribution in [0, 0.1) is 0 Å². The molecule has 0 bridgehead atoms. The summed E-state index contributed by atoms with van der Waals surface area (Å²) in [6, 6.07) is 21.3. The van der Waals surface area contributed by atoms with E-state index in [9.17, 15) is 0 Å².